The van der Waals surface area contributed by atoms with Crippen molar-refractivity contribution >= 4 is 17.6 Å². The maximum absolute atomic E-state index is 11.3. The molecule has 0 heterocycles. The number of hydrogen-bond acceptors (Lipinski definition) is 4. The highest BCUT2D eigenvalue weighted by Gasteiger charge is 2.22. The first-order valence-electron chi connectivity index (χ1n) is 4.95. The summed E-state index contributed by atoms with van der Waals surface area (Å²) in [5.41, 5.74) is -1.51. The van der Waals surface area contributed by atoms with E-state index in [1.54, 1.807) is 20.8 Å². The SMILES string of the molecule is CC(C)(C)OC(=O)C(O)CCCC(O)Cl. The third-order valence-electron chi connectivity index (χ3n) is 1.60. The van der Waals surface area contributed by atoms with Gasteiger partial charge in [-0.1, -0.05) is 11.6 Å². The molecule has 4 nitrogen and oxygen atoms in total. The van der Waals surface area contributed by atoms with Crippen LogP contribution in [0.15, 0.2) is 0 Å². The molecule has 0 aliphatic carbocycles. The number of carbonyl (C=O) groups excluding carboxylic acids is 1. The van der Waals surface area contributed by atoms with Crippen LogP contribution in [-0.4, -0.2) is 33.5 Å². The predicted molar refractivity (Wildman–Crippen MR) is 57.6 cm³/mol. The summed E-state index contributed by atoms with van der Waals surface area (Å²) in [5.74, 6) is -0.633. The Morgan fingerprint density at radius 1 is 1.33 bits per heavy atom. The van der Waals surface area contributed by atoms with Crippen molar-refractivity contribution < 1.29 is 19.7 Å². The standard InChI is InChI=1S/C10H19ClO4/c1-10(2,3)15-9(14)7(12)5-4-6-8(11)13/h7-8,12-13H,4-6H2,1-3H3. The highest BCUT2D eigenvalue weighted by molar-refractivity contribution is 6.19. The second-order valence-electron chi connectivity index (χ2n) is 4.41. The van der Waals surface area contributed by atoms with Gasteiger partial charge in [0.1, 0.15) is 11.2 Å². The van der Waals surface area contributed by atoms with Crippen molar-refractivity contribution in [1.29, 1.82) is 0 Å². The number of hydrogen-bond donors (Lipinski definition) is 2. The molecular weight excluding hydrogens is 220 g/mol. The number of aliphatic hydroxyl groups excluding tert-OH is 2. The Morgan fingerprint density at radius 2 is 1.87 bits per heavy atom. The van der Waals surface area contributed by atoms with Crippen LogP contribution in [-0.2, 0) is 9.53 Å². The van der Waals surface area contributed by atoms with Crippen molar-refractivity contribution in [2.75, 3.05) is 0 Å². The van der Waals surface area contributed by atoms with Crippen LogP contribution in [0, 0.1) is 0 Å². The molecule has 0 saturated carbocycles. The number of rotatable bonds is 5. The van der Waals surface area contributed by atoms with Crippen LogP contribution in [0.1, 0.15) is 40.0 Å². The zero-order valence-electron chi connectivity index (χ0n) is 9.36. The summed E-state index contributed by atoms with van der Waals surface area (Å²) in [6.07, 6.45) is -0.0646. The summed E-state index contributed by atoms with van der Waals surface area (Å²) in [6.45, 7) is 5.21. The first-order chi connectivity index (χ1) is 6.72. The van der Waals surface area contributed by atoms with Gasteiger partial charge in [-0.15, -0.1) is 0 Å². The second-order valence-corrected chi connectivity index (χ2v) is 4.92. The number of esters is 1. The maximum atomic E-state index is 11.3. The van der Waals surface area contributed by atoms with Gasteiger partial charge >= 0.3 is 5.97 Å². The molecule has 0 aromatic heterocycles. The summed E-state index contributed by atoms with van der Waals surface area (Å²) in [5, 5.41) is 18.2. The van der Waals surface area contributed by atoms with Gasteiger partial charge in [-0.25, -0.2) is 4.79 Å². The molecule has 0 fully saturated rings. The molecule has 2 N–H and O–H groups in total. The Balaban J connectivity index is 3.80. The molecule has 2 atom stereocenters. The molecule has 0 aliphatic rings. The van der Waals surface area contributed by atoms with Gasteiger partial charge in [0.25, 0.3) is 0 Å². The first-order valence-corrected chi connectivity index (χ1v) is 5.39. The van der Waals surface area contributed by atoms with Gasteiger partial charge in [0.05, 0.1) is 0 Å². The summed E-state index contributed by atoms with van der Waals surface area (Å²) >= 11 is 5.31. The van der Waals surface area contributed by atoms with Gasteiger partial charge in [-0.05, 0) is 40.0 Å². The lowest BCUT2D eigenvalue weighted by atomic mass is 10.1. The van der Waals surface area contributed by atoms with Crippen LogP contribution in [0.2, 0.25) is 0 Å². The Labute approximate surface area is 95.2 Å². The highest BCUT2D eigenvalue weighted by atomic mass is 35.5. The van der Waals surface area contributed by atoms with E-state index in [4.69, 9.17) is 21.4 Å². The zero-order valence-corrected chi connectivity index (χ0v) is 10.1. The van der Waals surface area contributed by atoms with Crippen LogP contribution in [0.5, 0.6) is 0 Å². The van der Waals surface area contributed by atoms with Gasteiger partial charge in [0.15, 0.2) is 6.10 Å². The van der Waals surface area contributed by atoms with Crippen molar-refractivity contribution in [3.8, 4) is 0 Å². The number of carbonyl (C=O) groups is 1. The molecule has 0 spiro atoms. The predicted octanol–water partition coefficient (Wildman–Crippen LogP) is 1.42. The number of ether oxygens (including phenoxy) is 1. The lowest BCUT2D eigenvalue weighted by molar-refractivity contribution is -0.165. The van der Waals surface area contributed by atoms with Gasteiger partial charge in [0.2, 0.25) is 0 Å². The molecule has 0 bridgehead atoms. The third kappa shape index (κ3) is 8.66. The molecule has 0 radical (unpaired) electrons. The summed E-state index contributed by atoms with van der Waals surface area (Å²) < 4.78 is 4.97. The Hall–Kier alpha value is -0.320. The van der Waals surface area contributed by atoms with E-state index in [1.165, 1.54) is 0 Å². The van der Waals surface area contributed by atoms with Gasteiger partial charge in [-0.3, -0.25) is 0 Å². The number of halogens is 1. The van der Waals surface area contributed by atoms with E-state index in [0.717, 1.165) is 0 Å². The van der Waals surface area contributed by atoms with Crippen LogP contribution in [0.3, 0.4) is 0 Å². The van der Waals surface area contributed by atoms with Crippen LogP contribution in [0.4, 0.5) is 0 Å². The lowest BCUT2D eigenvalue weighted by Crippen LogP contribution is -2.31. The minimum absolute atomic E-state index is 0.249. The molecule has 0 aliphatic heterocycles. The van der Waals surface area contributed by atoms with Gasteiger partial charge in [-0.2, -0.15) is 0 Å². The van der Waals surface area contributed by atoms with Crippen molar-refractivity contribution in [2.24, 2.45) is 0 Å². The fraction of sp³-hybridized carbons (Fsp3) is 0.900. The summed E-state index contributed by atoms with van der Waals surface area (Å²) in [4.78, 5) is 11.3. The van der Waals surface area contributed by atoms with Crippen molar-refractivity contribution in [3.63, 3.8) is 0 Å². The molecule has 0 amide bonds. The van der Waals surface area contributed by atoms with E-state index in [9.17, 15) is 9.90 Å². The summed E-state index contributed by atoms with van der Waals surface area (Å²) in [6, 6.07) is 0. The molecular formula is C10H19ClO4. The van der Waals surface area contributed by atoms with E-state index < -0.39 is 23.2 Å². The molecule has 0 saturated heterocycles. The highest BCUT2D eigenvalue weighted by Crippen LogP contribution is 2.12. The van der Waals surface area contributed by atoms with E-state index in [2.05, 4.69) is 0 Å². The topological polar surface area (TPSA) is 66.8 Å². The Kier molecular flexibility index (Phi) is 6.17. The molecule has 90 valence electrons. The van der Waals surface area contributed by atoms with E-state index >= 15 is 0 Å². The van der Waals surface area contributed by atoms with Crippen LogP contribution in [0.25, 0.3) is 0 Å². The van der Waals surface area contributed by atoms with Crippen molar-refractivity contribution in [1.82, 2.24) is 0 Å². The quantitative estimate of drug-likeness (QED) is 0.562. The van der Waals surface area contributed by atoms with E-state index in [1.807, 2.05) is 0 Å². The van der Waals surface area contributed by atoms with E-state index in [0.29, 0.717) is 12.8 Å². The second kappa shape index (κ2) is 6.30. The molecule has 0 rings (SSSR count). The zero-order chi connectivity index (χ0) is 12.1. The third-order valence-corrected chi connectivity index (χ3v) is 1.82. The molecule has 15 heavy (non-hydrogen) atoms. The van der Waals surface area contributed by atoms with Crippen molar-refractivity contribution in [3.05, 3.63) is 0 Å². The largest absolute Gasteiger partial charge is 0.458 e. The average molecular weight is 239 g/mol. The molecule has 0 aromatic carbocycles. The van der Waals surface area contributed by atoms with Crippen molar-refractivity contribution in [2.45, 2.75) is 57.3 Å². The van der Waals surface area contributed by atoms with Crippen LogP contribution < -0.4 is 0 Å². The molecule has 5 heteroatoms. The smallest absolute Gasteiger partial charge is 0.335 e. The number of aliphatic hydroxyl groups is 2. The first kappa shape index (κ1) is 14.7. The molecule has 2 unspecified atom stereocenters. The average Bonchev–Trinajstić information content (AvgIpc) is 1.99. The van der Waals surface area contributed by atoms with Gasteiger partial charge in [0, 0.05) is 0 Å². The minimum atomic E-state index is -1.14. The lowest BCUT2D eigenvalue weighted by Gasteiger charge is -2.21. The monoisotopic (exact) mass is 238 g/mol. The van der Waals surface area contributed by atoms with Gasteiger partial charge < -0.3 is 14.9 Å². The maximum Gasteiger partial charge on any atom is 0.335 e. The minimum Gasteiger partial charge on any atom is -0.458 e. The Morgan fingerprint density at radius 3 is 2.27 bits per heavy atom. The number of alkyl halides is 1. The fourth-order valence-electron chi connectivity index (χ4n) is 0.967. The molecule has 0 aromatic rings. The summed E-state index contributed by atoms with van der Waals surface area (Å²) in [7, 11) is 0. The fourth-order valence-corrected chi connectivity index (χ4v) is 1.12. The van der Waals surface area contributed by atoms with E-state index in [-0.39, 0.29) is 6.42 Å². The normalized spacial score (nSPS) is 15.9. The van der Waals surface area contributed by atoms with Crippen LogP contribution >= 0.6 is 11.6 Å². The Bertz CT molecular complexity index is 198.